The van der Waals surface area contributed by atoms with Gasteiger partial charge in [0.05, 0.1) is 18.8 Å². The standard InChI is InChI=1S/C15H20N4O2/c1-15(21,12-6-4-3-5-7-12)11-17-14(20)16-10-13-8-9-18-19(13)2/h3-9,21H,10-11H2,1-2H3,(H2,16,17,20). The van der Waals surface area contributed by atoms with E-state index in [1.807, 2.05) is 43.4 Å². The predicted octanol–water partition coefficient (Wildman–Crippen LogP) is 1.13. The lowest BCUT2D eigenvalue weighted by Gasteiger charge is -2.24. The van der Waals surface area contributed by atoms with Crippen molar-refractivity contribution >= 4 is 6.03 Å². The van der Waals surface area contributed by atoms with E-state index in [0.717, 1.165) is 11.3 Å². The molecule has 0 aliphatic carbocycles. The molecule has 6 heteroatoms. The summed E-state index contributed by atoms with van der Waals surface area (Å²) in [6, 6.07) is 10.8. The van der Waals surface area contributed by atoms with Crippen LogP contribution in [0.1, 0.15) is 18.2 Å². The van der Waals surface area contributed by atoms with Crippen LogP contribution in [0.4, 0.5) is 4.79 Å². The zero-order chi connectivity index (χ0) is 15.3. The van der Waals surface area contributed by atoms with E-state index in [2.05, 4.69) is 15.7 Å². The summed E-state index contributed by atoms with van der Waals surface area (Å²) in [5.41, 5.74) is 0.558. The van der Waals surface area contributed by atoms with Crippen LogP contribution in [0.3, 0.4) is 0 Å². The average Bonchev–Trinajstić information content (AvgIpc) is 2.89. The van der Waals surface area contributed by atoms with Crippen LogP contribution in [-0.2, 0) is 19.2 Å². The van der Waals surface area contributed by atoms with Crippen LogP contribution < -0.4 is 10.6 Å². The van der Waals surface area contributed by atoms with Gasteiger partial charge in [-0.1, -0.05) is 30.3 Å². The molecular formula is C15H20N4O2. The lowest BCUT2D eigenvalue weighted by molar-refractivity contribution is 0.0594. The third kappa shape index (κ3) is 4.06. The zero-order valence-electron chi connectivity index (χ0n) is 12.2. The quantitative estimate of drug-likeness (QED) is 0.771. The highest BCUT2D eigenvalue weighted by Gasteiger charge is 2.23. The number of nitrogens with one attached hydrogen (secondary N) is 2. The van der Waals surface area contributed by atoms with E-state index in [9.17, 15) is 9.90 Å². The Hall–Kier alpha value is -2.34. The number of rotatable bonds is 5. The van der Waals surface area contributed by atoms with Crippen molar-refractivity contribution < 1.29 is 9.90 Å². The Morgan fingerprint density at radius 1 is 1.29 bits per heavy atom. The maximum atomic E-state index is 11.8. The van der Waals surface area contributed by atoms with Crippen molar-refractivity contribution in [2.75, 3.05) is 6.54 Å². The molecule has 0 saturated carbocycles. The lowest BCUT2D eigenvalue weighted by atomic mass is 9.96. The van der Waals surface area contributed by atoms with Gasteiger partial charge in [0.25, 0.3) is 0 Å². The third-order valence-corrected chi connectivity index (χ3v) is 3.34. The maximum Gasteiger partial charge on any atom is 0.315 e. The first-order chi connectivity index (χ1) is 9.99. The van der Waals surface area contributed by atoms with Crippen molar-refractivity contribution in [3.05, 3.63) is 53.9 Å². The topological polar surface area (TPSA) is 79.2 Å². The molecule has 1 aromatic carbocycles. The highest BCUT2D eigenvalue weighted by atomic mass is 16.3. The molecule has 0 spiro atoms. The van der Waals surface area contributed by atoms with Crippen molar-refractivity contribution in [2.45, 2.75) is 19.1 Å². The summed E-state index contributed by atoms with van der Waals surface area (Å²) in [4.78, 5) is 11.8. The predicted molar refractivity (Wildman–Crippen MR) is 79.5 cm³/mol. The molecule has 0 fully saturated rings. The van der Waals surface area contributed by atoms with E-state index in [1.54, 1.807) is 17.8 Å². The van der Waals surface area contributed by atoms with Crippen LogP contribution in [0.15, 0.2) is 42.6 Å². The molecular weight excluding hydrogens is 268 g/mol. The van der Waals surface area contributed by atoms with E-state index in [0.29, 0.717) is 6.54 Å². The van der Waals surface area contributed by atoms with Crippen LogP contribution in [-0.4, -0.2) is 27.5 Å². The summed E-state index contributed by atoms with van der Waals surface area (Å²) in [5, 5.41) is 19.8. The number of nitrogens with zero attached hydrogens (tertiary/aromatic N) is 2. The summed E-state index contributed by atoms with van der Waals surface area (Å²) >= 11 is 0. The smallest absolute Gasteiger partial charge is 0.315 e. The molecule has 0 saturated heterocycles. The summed E-state index contributed by atoms with van der Waals surface area (Å²) in [5.74, 6) is 0. The van der Waals surface area contributed by atoms with Gasteiger partial charge in [-0.2, -0.15) is 5.10 Å². The Morgan fingerprint density at radius 3 is 2.62 bits per heavy atom. The molecule has 1 aromatic heterocycles. The Balaban J connectivity index is 1.82. The van der Waals surface area contributed by atoms with Gasteiger partial charge in [-0.15, -0.1) is 0 Å². The number of urea groups is 1. The van der Waals surface area contributed by atoms with Crippen LogP contribution >= 0.6 is 0 Å². The molecule has 0 bridgehead atoms. The Labute approximate surface area is 123 Å². The number of aliphatic hydroxyl groups is 1. The van der Waals surface area contributed by atoms with E-state index in [4.69, 9.17) is 0 Å². The van der Waals surface area contributed by atoms with E-state index in [-0.39, 0.29) is 12.6 Å². The molecule has 2 aromatic rings. The molecule has 0 radical (unpaired) electrons. The number of carbonyl (C=O) groups is 1. The molecule has 21 heavy (non-hydrogen) atoms. The van der Waals surface area contributed by atoms with Crippen molar-refractivity contribution in [1.29, 1.82) is 0 Å². The fourth-order valence-corrected chi connectivity index (χ4v) is 1.96. The van der Waals surface area contributed by atoms with Gasteiger partial charge in [0.15, 0.2) is 0 Å². The van der Waals surface area contributed by atoms with Crippen molar-refractivity contribution in [2.24, 2.45) is 7.05 Å². The molecule has 1 unspecified atom stereocenters. The molecule has 0 aliphatic heterocycles. The third-order valence-electron chi connectivity index (χ3n) is 3.34. The SMILES string of the molecule is Cn1nccc1CNC(=O)NCC(C)(O)c1ccccc1. The Morgan fingerprint density at radius 2 is 2.00 bits per heavy atom. The first-order valence-corrected chi connectivity index (χ1v) is 6.75. The fourth-order valence-electron chi connectivity index (χ4n) is 1.96. The van der Waals surface area contributed by atoms with E-state index in [1.165, 1.54) is 0 Å². The summed E-state index contributed by atoms with van der Waals surface area (Å²) < 4.78 is 1.69. The number of hydrogen-bond donors (Lipinski definition) is 3. The van der Waals surface area contributed by atoms with Gasteiger partial charge in [-0.3, -0.25) is 4.68 Å². The number of carbonyl (C=O) groups excluding carboxylic acids is 1. The maximum absolute atomic E-state index is 11.8. The second-order valence-electron chi connectivity index (χ2n) is 5.12. The molecule has 6 nitrogen and oxygen atoms in total. The van der Waals surface area contributed by atoms with E-state index >= 15 is 0 Å². The van der Waals surface area contributed by atoms with Gasteiger partial charge in [0.2, 0.25) is 0 Å². The second kappa shape index (κ2) is 6.41. The lowest BCUT2D eigenvalue weighted by Crippen LogP contribution is -2.43. The van der Waals surface area contributed by atoms with Gasteiger partial charge in [-0.05, 0) is 18.6 Å². The molecule has 2 amide bonds. The van der Waals surface area contributed by atoms with Crippen molar-refractivity contribution in [3.63, 3.8) is 0 Å². The second-order valence-corrected chi connectivity index (χ2v) is 5.12. The first-order valence-electron chi connectivity index (χ1n) is 6.75. The van der Waals surface area contributed by atoms with Gasteiger partial charge in [0.1, 0.15) is 5.60 Å². The molecule has 112 valence electrons. The highest BCUT2D eigenvalue weighted by Crippen LogP contribution is 2.18. The molecule has 1 atom stereocenters. The minimum Gasteiger partial charge on any atom is -0.384 e. The van der Waals surface area contributed by atoms with E-state index < -0.39 is 5.60 Å². The number of amides is 2. The number of hydrogen-bond acceptors (Lipinski definition) is 3. The zero-order valence-corrected chi connectivity index (χ0v) is 12.2. The fraction of sp³-hybridized carbons (Fsp3) is 0.333. The van der Waals surface area contributed by atoms with Gasteiger partial charge in [0, 0.05) is 13.2 Å². The molecule has 3 N–H and O–H groups in total. The molecule has 2 rings (SSSR count). The minimum absolute atomic E-state index is 0.133. The van der Waals surface area contributed by atoms with Crippen LogP contribution in [0.2, 0.25) is 0 Å². The Bertz CT molecular complexity index is 593. The molecule has 0 aliphatic rings. The van der Waals surface area contributed by atoms with Gasteiger partial charge in [-0.25, -0.2) is 4.79 Å². The van der Waals surface area contributed by atoms with Crippen LogP contribution in [0.25, 0.3) is 0 Å². The molecule has 1 heterocycles. The number of aromatic nitrogens is 2. The highest BCUT2D eigenvalue weighted by molar-refractivity contribution is 5.73. The van der Waals surface area contributed by atoms with Crippen LogP contribution in [0.5, 0.6) is 0 Å². The van der Waals surface area contributed by atoms with Crippen molar-refractivity contribution in [3.8, 4) is 0 Å². The summed E-state index contributed by atoms with van der Waals surface area (Å²) in [7, 11) is 1.81. The summed E-state index contributed by atoms with van der Waals surface area (Å²) in [6.45, 7) is 2.19. The van der Waals surface area contributed by atoms with Crippen LogP contribution in [0, 0.1) is 0 Å². The normalized spacial score (nSPS) is 13.5. The van der Waals surface area contributed by atoms with Crippen molar-refractivity contribution in [1.82, 2.24) is 20.4 Å². The minimum atomic E-state index is -1.11. The van der Waals surface area contributed by atoms with Gasteiger partial charge < -0.3 is 15.7 Å². The summed E-state index contributed by atoms with van der Waals surface area (Å²) in [6.07, 6.45) is 1.68. The Kier molecular flexibility index (Phi) is 4.59. The number of aryl methyl sites for hydroxylation is 1. The number of benzene rings is 1. The average molecular weight is 288 g/mol. The van der Waals surface area contributed by atoms with Gasteiger partial charge >= 0.3 is 6.03 Å². The monoisotopic (exact) mass is 288 g/mol. The largest absolute Gasteiger partial charge is 0.384 e. The first kappa shape index (κ1) is 15.1.